The first-order chi connectivity index (χ1) is 13.2. The lowest BCUT2D eigenvalue weighted by Gasteiger charge is -2.38. The molecule has 0 unspecified atom stereocenters. The maximum absolute atomic E-state index is 12.6. The summed E-state index contributed by atoms with van der Waals surface area (Å²) in [6.07, 6.45) is 4.33. The van der Waals surface area contributed by atoms with E-state index < -0.39 is 0 Å². The van der Waals surface area contributed by atoms with Crippen molar-refractivity contribution in [1.82, 2.24) is 14.9 Å². The summed E-state index contributed by atoms with van der Waals surface area (Å²) in [5.74, 6) is 0.397. The molecule has 1 fully saturated rings. The molecular weight excluding hydrogens is 338 g/mol. The molecule has 0 radical (unpaired) electrons. The molecule has 4 rings (SSSR count). The lowest BCUT2D eigenvalue weighted by atomic mass is 9.75. The molecule has 2 N–H and O–H groups in total. The van der Waals surface area contributed by atoms with Crippen molar-refractivity contribution in [2.45, 2.75) is 44.4 Å². The second kappa shape index (κ2) is 7.92. The maximum Gasteiger partial charge on any atom is 0.222 e. The van der Waals surface area contributed by atoms with Gasteiger partial charge in [-0.25, -0.2) is 4.98 Å². The van der Waals surface area contributed by atoms with E-state index >= 15 is 0 Å². The standard InChI is InChI=1S/C22H25N3O2/c26-18-13-17(14-18)20(12-16-6-2-1-3-7-16)24-22(27)10-11-25-15-23-19-8-4-5-9-21(19)25/h1-9,15,17-18,20,26H,10-14H2,(H,24,27)/t17?,18?,20-/m0/s1. The first-order valence-corrected chi connectivity index (χ1v) is 9.60. The number of benzene rings is 2. The van der Waals surface area contributed by atoms with Crippen LogP contribution >= 0.6 is 0 Å². The Labute approximate surface area is 159 Å². The number of nitrogens with one attached hydrogen (secondary N) is 1. The summed E-state index contributed by atoms with van der Waals surface area (Å²) in [5, 5.41) is 12.9. The molecule has 1 atom stereocenters. The summed E-state index contributed by atoms with van der Waals surface area (Å²) in [6, 6.07) is 18.2. The fourth-order valence-corrected chi connectivity index (χ4v) is 3.85. The summed E-state index contributed by atoms with van der Waals surface area (Å²) in [6.45, 7) is 0.609. The summed E-state index contributed by atoms with van der Waals surface area (Å²) >= 11 is 0. The number of aliphatic hydroxyl groups is 1. The third-order valence-corrected chi connectivity index (χ3v) is 5.47. The minimum atomic E-state index is -0.220. The molecule has 3 aromatic rings. The van der Waals surface area contributed by atoms with Gasteiger partial charge in [-0.3, -0.25) is 4.79 Å². The Kier molecular flexibility index (Phi) is 5.21. The van der Waals surface area contributed by atoms with Gasteiger partial charge in [0.25, 0.3) is 0 Å². The average molecular weight is 363 g/mol. The quantitative estimate of drug-likeness (QED) is 0.678. The number of aryl methyl sites for hydroxylation is 1. The average Bonchev–Trinajstić information content (AvgIpc) is 3.07. The highest BCUT2D eigenvalue weighted by Gasteiger charge is 2.34. The van der Waals surface area contributed by atoms with Crippen molar-refractivity contribution in [3.05, 3.63) is 66.5 Å². The molecule has 140 valence electrons. The molecule has 0 spiro atoms. The zero-order valence-corrected chi connectivity index (χ0v) is 15.3. The largest absolute Gasteiger partial charge is 0.393 e. The third kappa shape index (κ3) is 4.19. The van der Waals surface area contributed by atoms with Crippen molar-refractivity contribution in [2.75, 3.05) is 0 Å². The van der Waals surface area contributed by atoms with Gasteiger partial charge in [0.1, 0.15) is 0 Å². The molecule has 27 heavy (non-hydrogen) atoms. The van der Waals surface area contributed by atoms with Crippen LogP contribution in [0.1, 0.15) is 24.8 Å². The maximum atomic E-state index is 12.6. The molecule has 0 bridgehead atoms. The zero-order valence-electron chi connectivity index (χ0n) is 15.3. The highest BCUT2D eigenvalue weighted by molar-refractivity contribution is 5.77. The molecule has 1 amide bonds. The van der Waals surface area contributed by atoms with E-state index in [1.54, 1.807) is 6.33 Å². The molecule has 2 aromatic carbocycles. The lowest BCUT2D eigenvalue weighted by molar-refractivity contribution is -0.123. The Hall–Kier alpha value is -2.66. The smallest absolute Gasteiger partial charge is 0.222 e. The number of carbonyl (C=O) groups is 1. The van der Waals surface area contributed by atoms with E-state index in [4.69, 9.17) is 0 Å². The SMILES string of the molecule is O=C(CCn1cnc2ccccc21)N[C@@H](Cc1ccccc1)C1CC(O)C1. The van der Waals surface area contributed by atoms with Gasteiger partial charge in [0.15, 0.2) is 0 Å². The van der Waals surface area contributed by atoms with Gasteiger partial charge >= 0.3 is 0 Å². The predicted octanol–water partition coefficient (Wildman–Crippen LogP) is 2.92. The fourth-order valence-electron chi connectivity index (χ4n) is 3.85. The fraction of sp³-hybridized carbons (Fsp3) is 0.364. The van der Waals surface area contributed by atoms with E-state index in [2.05, 4.69) is 22.4 Å². The van der Waals surface area contributed by atoms with Crippen molar-refractivity contribution in [2.24, 2.45) is 5.92 Å². The van der Waals surface area contributed by atoms with Crippen molar-refractivity contribution >= 4 is 16.9 Å². The number of para-hydroxylation sites is 2. The van der Waals surface area contributed by atoms with Gasteiger partial charge in [-0.2, -0.15) is 0 Å². The molecule has 1 aliphatic carbocycles. The van der Waals surface area contributed by atoms with Gasteiger partial charge in [0.05, 0.1) is 23.5 Å². The molecule has 0 saturated heterocycles. The van der Waals surface area contributed by atoms with Gasteiger partial charge in [-0.15, -0.1) is 0 Å². The molecule has 1 aromatic heterocycles. The van der Waals surface area contributed by atoms with Crippen LogP contribution in [-0.4, -0.2) is 32.7 Å². The Bertz CT molecular complexity index is 900. The van der Waals surface area contributed by atoms with Gasteiger partial charge in [-0.1, -0.05) is 42.5 Å². The predicted molar refractivity (Wildman–Crippen MR) is 105 cm³/mol. The van der Waals surface area contributed by atoms with Crippen LogP contribution in [0.25, 0.3) is 11.0 Å². The normalized spacial score (nSPS) is 20.2. The van der Waals surface area contributed by atoms with E-state index in [-0.39, 0.29) is 18.1 Å². The molecule has 1 heterocycles. The second-order valence-corrected chi connectivity index (χ2v) is 7.43. The van der Waals surface area contributed by atoms with Crippen LogP contribution in [-0.2, 0) is 17.8 Å². The first-order valence-electron chi connectivity index (χ1n) is 9.60. The first kappa shape index (κ1) is 17.7. The van der Waals surface area contributed by atoms with Crippen molar-refractivity contribution in [3.63, 3.8) is 0 Å². The van der Waals surface area contributed by atoms with Crippen molar-refractivity contribution < 1.29 is 9.90 Å². The van der Waals surface area contributed by atoms with Gasteiger partial charge < -0.3 is 15.0 Å². The molecular formula is C22H25N3O2. The molecule has 1 saturated carbocycles. The minimum absolute atomic E-state index is 0.0510. The van der Waals surface area contributed by atoms with Crippen molar-refractivity contribution in [3.8, 4) is 0 Å². The van der Waals surface area contributed by atoms with E-state index in [0.717, 1.165) is 30.3 Å². The molecule has 1 aliphatic rings. The van der Waals surface area contributed by atoms with E-state index in [1.807, 2.05) is 47.0 Å². The summed E-state index contributed by atoms with van der Waals surface area (Å²) in [5.41, 5.74) is 3.21. The minimum Gasteiger partial charge on any atom is -0.393 e. The molecule has 5 heteroatoms. The molecule has 5 nitrogen and oxygen atoms in total. The number of nitrogens with zero attached hydrogens (tertiary/aromatic N) is 2. The van der Waals surface area contributed by atoms with E-state index in [0.29, 0.717) is 18.9 Å². The zero-order chi connectivity index (χ0) is 18.6. The van der Waals surface area contributed by atoms with Crippen LogP contribution < -0.4 is 5.32 Å². The van der Waals surface area contributed by atoms with Crippen LogP contribution in [0.15, 0.2) is 60.9 Å². The van der Waals surface area contributed by atoms with Crippen LogP contribution in [0.2, 0.25) is 0 Å². The lowest BCUT2D eigenvalue weighted by Crippen LogP contribution is -2.48. The number of hydrogen-bond acceptors (Lipinski definition) is 3. The van der Waals surface area contributed by atoms with Gasteiger partial charge in [0, 0.05) is 19.0 Å². The highest BCUT2D eigenvalue weighted by Crippen LogP contribution is 2.31. The Balaban J connectivity index is 1.37. The highest BCUT2D eigenvalue weighted by atomic mass is 16.3. The monoisotopic (exact) mass is 363 g/mol. The second-order valence-electron chi connectivity index (χ2n) is 7.43. The number of fused-ring (bicyclic) bond motifs is 1. The molecule has 0 aliphatic heterocycles. The number of rotatable bonds is 7. The van der Waals surface area contributed by atoms with Crippen LogP contribution in [0.3, 0.4) is 0 Å². The summed E-state index contributed by atoms with van der Waals surface area (Å²) < 4.78 is 2.02. The van der Waals surface area contributed by atoms with E-state index in [9.17, 15) is 9.90 Å². The number of aromatic nitrogens is 2. The van der Waals surface area contributed by atoms with Crippen LogP contribution in [0, 0.1) is 5.92 Å². The van der Waals surface area contributed by atoms with Crippen molar-refractivity contribution in [1.29, 1.82) is 0 Å². The number of hydrogen-bond donors (Lipinski definition) is 2. The Morgan fingerprint density at radius 2 is 1.89 bits per heavy atom. The summed E-state index contributed by atoms with van der Waals surface area (Å²) in [7, 11) is 0. The number of carbonyl (C=O) groups excluding carboxylic acids is 1. The van der Waals surface area contributed by atoms with Gasteiger partial charge in [-0.05, 0) is 42.9 Å². The van der Waals surface area contributed by atoms with Gasteiger partial charge in [0.2, 0.25) is 5.91 Å². The Morgan fingerprint density at radius 3 is 2.67 bits per heavy atom. The number of imidazole rings is 1. The summed E-state index contributed by atoms with van der Waals surface area (Å²) in [4.78, 5) is 17.0. The number of aliphatic hydroxyl groups excluding tert-OH is 1. The van der Waals surface area contributed by atoms with Crippen LogP contribution in [0.5, 0.6) is 0 Å². The third-order valence-electron chi connectivity index (χ3n) is 5.47. The Morgan fingerprint density at radius 1 is 1.15 bits per heavy atom. The van der Waals surface area contributed by atoms with Crippen LogP contribution in [0.4, 0.5) is 0 Å². The number of amides is 1. The van der Waals surface area contributed by atoms with E-state index in [1.165, 1.54) is 5.56 Å². The topological polar surface area (TPSA) is 67.2 Å².